The van der Waals surface area contributed by atoms with Gasteiger partial charge < -0.3 is 0 Å². The molecule has 315 valence electrons. The van der Waals surface area contributed by atoms with Gasteiger partial charge in [-0.05, 0) is 73.1 Å². The fraction of sp³-hybridized carbons (Fsp3) is 0.764. The van der Waals surface area contributed by atoms with Gasteiger partial charge in [-0.1, -0.05) is 269 Å². The summed E-state index contributed by atoms with van der Waals surface area (Å²) in [5.41, 5.74) is 6.48. The molecule has 2 aromatic carbocycles. The largest absolute Gasteiger partial charge is 0.0654 e. The van der Waals surface area contributed by atoms with Crippen molar-refractivity contribution in [2.45, 2.75) is 265 Å². The number of rotatable bonds is 40. The molecule has 0 aromatic heterocycles. The number of hydrogen-bond acceptors (Lipinski definition) is 0. The van der Waals surface area contributed by atoms with E-state index in [1.165, 1.54) is 231 Å². The van der Waals surface area contributed by atoms with Crippen LogP contribution in [0.3, 0.4) is 0 Å². The van der Waals surface area contributed by atoms with E-state index in [1.807, 2.05) is 0 Å². The van der Waals surface area contributed by atoms with Crippen molar-refractivity contribution >= 4 is 0 Å². The van der Waals surface area contributed by atoms with Crippen molar-refractivity contribution in [1.82, 2.24) is 0 Å². The lowest BCUT2D eigenvalue weighted by Gasteiger charge is -2.24. The molecule has 0 bridgehead atoms. The second-order valence-corrected chi connectivity index (χ2v) is 18.2. The second-order valence-electron chi connectivity index (χ2n) is 18.2. The summed E-state index contributed by atoms with van der Waals surface area (Å²) in [5, 5.41) is 0. The van der Waals surface area contributed by atoms with Crippen LogP contribution < -0.4 is 0 Å². The van der Waals surface area contributed by atoms with Crippen LogP contribution in [-0.2, 0) is 12.8 Å². The minimum atomic E-state index is 0.516. The lowest BCUT2D eigenvalue weighted by molar-refractivity contribution is 0.501. The number of benzene rings is 2. The highest BCUT2D eigenvalue weighted by molar-refractivity contribution is 5.42. The third kappa shape index (κ3) is 26.9. The molecular weight excluding hydrogens is 661 g/mol. The summed E-state index contributed by atoms with van der Waals surface area (Å²) >= 11 is 0. The Hall–Kier alpha value is -1.56. The van der Waals surface area contributed by atoms with Gasteiger partial charge in [0.25, 0.3) is 0 Å². The molecule has 0 saturated heterocycles. The SMILES string of the molecule is CCCCCCCCCc1ccccc1C(CC[CH]CCCCCCCCCCCCCCCCCCC(C)C)c1ccccc1CCCCCCCCC. The minimum Gasteiger partial charge on any atom is -0.0654 e. The molecule has 0 heteroatoms. The maximum atomic E-state index is 2.65. The normalized spacial score (nSPS) is 11.7. The summed E-state index contributed by atoms with van der Waals surface area (Å²) in [6, 6.07) is 19.1. The Labute approximate surface area is 346 Å². The fourth-order valence-corrected chi connectivity index (χ4v) is 8.97. The first-order chi connectivity index (χ1) is 27.2. The van der Waals surface area contributed by atoms with Crippen molar-refractivity contribution in [2.75, 3.05) is 0 Å². The summed E-state index contributed by atoms with van der Waals surface area (Å²) in [7, 11) is 0. The van der Waals surface area contributed by atoms with Crippen molar-refractivity contribution in [3.63, 3.8) is 0 Å². The van der Waals surface area contributed by atoms with Crippen LogP contribution >= 0.6 is 0 Å². The van der Waals surface area contributed by atoms with Gasteiger partial charge in [-0.2, -0.15) is 0 Å². The highest BCUT2D eigenvalue weighted by Gasteiger charge is 2.20. The molecule has 1 radical (unpaired) electrons. The van der Waals surface area contributed by atoms with E-state index in [0.29, 0.717) is 5.92 Å². The first kappa shape index (κ1) is 49.6. The molecule has 0 atom stereocenters. The predicted octanol–water partition coefficient (Wildman–Crippen LogP) is 19.1. The Morgan fingerprint density at radius 3 is 1.11 bits per heavy atom. The van der Waals surface area contributed by atoms with Gasteiger partial charge in [0.2, 0.25) is 0 Å². The van der Waals surface area contributed by atoms with Crippen molar-refractivity contribution in [2.24, 2.45) is 5.92 Å². The van der Waals surface area contributed by atoms with E-state index in [1.54, 1.807) is 22.3 Å². The zero-order valence-electron chi connectivity index (χ0n) is 37.8. The van der Waals surface area contributed by atoms with E-state index >= 15 is 0 Å². The van der Waals surface area contributed by atoms with Crippen molar-refractivity contribution < 1.29 is 0 Å². The van der Waals surface area contributed by atoms with Gasteiger partial charge in [0, 0.05) is 5.92 Å². The highest BCUT2D eigenvalue weighted by atomic mass is 14.2. The first-order valence-electron chi connectivity index (χ1n) is 25.1. The monoisotopic (exact) mass is 756 g/mol. The molecule has 0 unspecified atom stereocenters. The Bertz CT molecular complexity index is 1020. The molecule has 0 fully saturated rings. The summed E-state index contributed by atoms with van der Waals surface area (Å²) < 4.78 is 0. The lowest BCUT2D eigenvalue weighted by Crippen LogP contribution is -2.09. The molecule has 55 heavy (non-hydrogen) atoms. The third-order valence-electron chi connectivity index (χ3n) is 12.6. The zero-order valence-corrected chi connectivity index (χ0v) is 37.8. The molecule has 0 aliphatic heterocycles. The standard InChI is InChI=1S/C55H95/c1-5-7-9-11-26-31-35-43-51-45-38-40-47-53(51)55(54-48-41-39-46-52(54)44-36-32-27-12-10-8-6-2)49-37-33-29-25-23-21-19-17-15-13-14-16-18-20-22-24-28-30-34-42-50(3)4/h33,38-41,45-48,50,55H,5-32,34-37,42-44,49H2,1-4H3. The van der Waals surface area contributed by atoms with Gasteiger partial charge in [-0.15, -0.1) is 0 Å². The molecule has 0 spiro atoms. The van der Waals surface area contributed by atoms with Crippen molar-refractivity contribution in [3.05, 3.63) is 77.2 Å². The second kappa shape index (κ2) is 36.8. The van der Waals surface area contributed by atoms with Crippen LogP contribution in [0.2, 0.25) is 0 Å². The molecular formula is C55H95. The van der Waals surface area contributed by atoms with Gasteiger partial charge in [0.05, 0.1) is 0 Å². The Balaban J connectivity index is 1.72. The van der Waals surface area contributed by atoms with Gasteiger partial charge in [0.1, 0.15) is 0 Å². The molecule has 2 rings (SSSR count). The molecule has 2 aromatic rings. The van der Waals surface area contributed by atoms with E-state index in [9.17, 15) is 0 Å². The summed E-state index contributed by atoms with van der Waals surface area (Å²) in [4.78, 5) is 0. The fourth-order valence-electron chi connectivity index (χ4n) is 8.97. The van der Waals surface area contributed by atoms with Crippen LogP contribution in [0, 0.1) is 12.3 Å². The van der Waals surface area contributed by atoms with Gasteiger partial charge >= 0.3 is 0 Å². The van der Waals surface area contributed by atoms with Crippen LogP contribution in [0.25, 0.3) is 0 Å². The van der Waals surface area contributed by atoms with Gasteiger partial charge in [-0.25, -0.2) is 0 Å². The summed E-state index contributed by atoms with van der Waals surface area (Å²) in [6.45, 7) is 9.35. The third-order valence-corrected chi connectivity index (χ3v) is 12.6. The average Bonchev–Trinajstić information content (AvgIpc) is 3.19. The first-order valence-corrected chi connectivity index (χ1v) is 25.1. The molecule has 0 aliphatic carbocycles. The smallest absolute Gasteiger partial charge is 0.00949 e. The maximum absolute atomic E-state index is 2.65. The van der Waals surface area contributed by atoms with Crippen LogP contribution in [0.5, 0.6) is 0 Å². The van der Waals surface area contributed by atoms with E-state index in [4.69, 9.17) is 0 Å². The number of aryl methyl sites for hydroxylation is 2. The average molecular weight is 756 g/mol. The summed E-state index contributed by atoms with van der Waals surface area (Å²) in [5.74, 6) is 1.40. The topological polar surface area (TPSA) is 0 Å². The van der Waals surface area contributed by atoms with Crippen LogP contribution in [-0.4, -0.2) is 0 Å². The van der Waals surface area contributed by atoms with Crippen LogP contribution in [0.4, 0.5) is 0 Å². The molecule has 0 heterocycles. The van der Waals surface area contributed by atoms with Crippen LogP contribution in [0.15, 0.2) is 48.5 Å². The Morgan fingerprint density at radius 1 is 0.364 bits per heavy atom. The Kier molecular flexibility index (Phi) is 33.1. The number of unbranched alkanes of at least 4 members (excludes halogenated alkanes) is 30. The van der Waals surface area contributed by atoms with E-state index in [-0.39, 0.29) is 0 Å². The van der Waals surface area contributed by atoms with E-state index < -0.39 is 0 Å². The van der Waals surface area contributed by atoms with Crippen molar-refractivity contribution in [1.29, 1.82) is 0 Å². The maximum Gasteiger partial charge on any atom is 0.00949 e. The highest BCUT2D eigenvalue weighted by Crippen LogP contribution is 2.36. The lowest BCUT2D eigenvalue weighted by atomic mass is 9.80. The van der Waals surface area contributed by atoms with Gasteiger partial charge in [0.15, 0.2) is 0 Å². The zero-order chi connectivity index (χ0) is 39.3. The molecule has 0 amide bonds. The quantitative estimate of drug-likeness (QED) is 0.0594. The predicted molar refractivity (Wildman–Crippen MR) is 250 cm³/mol. The minimum absolute atomic E-state index is 0.516. The van der Waals surface area contributed by atoms with Gasteiger partial charge in [-0.3, -0.25) is 0 Å². The molecule has 0 N–H and O–H groups in total. The van der Waals surface area contributed by atoms with E-state index in [0.717, 1.165) is 5.92 Å². The van der Waals surface area contributed by atoms with Crippen molar-refractivity contribution in [3.8, 4) is 0 Å². The Morgan fingerprint density at radius 2 is 0.709 bits per heavy atom. The number of hydrogen-bond donors (Lipinski definition) is 0. The van der Waals surface area contributed by atoms with E-state index in [2.05, 4.69) is 82.6 Å². The molecule has 0 saturated carbocycles. The molecule has 0 nitrogen and oxygen atoms in total. The molecule has 0 aliphatic rings. The summed E-state index contributed by atoms with van der Waals surface area (Å²) in [6.07, 6.45) is 53.0. The van der Waals surface area contributed by atoms with Crippen LogP contribution in [0.1, 0.15) is 274 Å².